The number of anilines is 1. The van der Waals surface area contributed by atoms with Gasteiger partial charge in [0, 0.05) is 17.2 Å². The van der Waals surface area contributed by atoms with Crippen LogP contribution < -0.4 is 15.6 Å². The van der Waals surface area contributed by atoms with Crippen LogP contribution in [0.2, 0.25) is 0 Å². The van der Waals surface area contributed by atoms with Gasteiger partial charge in [-0.05, 0) is 31.2 Å². The maximum atomic E-state index is 13.6. The molecule has 0 unspecified atom stereocenters. The first-order valence-corrected chi connectivity index (χ1v) is 11.1. The van der Waals surface area contributed by atoms with Crippen LogP contribution >= 0.6 is 0 Å². The van der Waals surface area contributed by atoms with Crippen LogP contribution in [0.15, 0.2) is 89.7 Å². The zero-order valence-corrected chi connectivity index (χ0v) is 18.8. The molecule has 0 fully saturated rings. The van der Waals surface area contributed by atoms with Gasteiger partial charge in [-0.15, -0.1) is 0 Å². The van der Waals surface area contributed by atoms with Crippen LogP contribution in [0.1, 0.15) is 34.5 Å². The average Bonchev–Trinajstić information content (AvgIpc) is 2.88. The number of fused-ring (bicyclic) bond motifs is 2. The topological polar surface area (TPSA) is 99.5 Å². The first-order chi connectivity index (χ1) is 17.1. The summed E-state index contributed by atoms with van der Waals surface area (Å²) in [6.45, 7) is 1.78. The second kappa shape index (κ2) is 9.26. The minimum atomic E-state index is -0.750. The molecule has 0 saturated heterocycles. The Balaban J connectivity index is 1.58. The van der Waals surface area contributed by atoms with E-state index in [-0.39, 0.29) is 18.0 Å². The van der Waals surface area contributed by atoms with Crippen LogP contribution in [0.3, 0.4) is 0 Å². The lowest BCUT2D eigenvalue weighted by molar-refractivity contribution is -0.116. The highest BCUT2D eigenvalue weighted by Gasteiger charge is 2.33. The third-order valence-corrected chi connectivity index (χ3v) is 5.60. The lowest BCUT2D eigenvalue weighted by Crippen LogP contribution is -2.30. The van der Waals surface area contributed by atoms with E-state index in [1.807, 2.05) is 36.4 Å². The highest BCUT2D eigenvalue weighted by molar-refractivity contribution is 6.04. The van der Waals surface area contributed by atoms with Gasteiger partial charge in [0.15, 0.2) is 5.69 Å². The van der Waals surface area contributed by atoms with Crippen LogP contribution in [0.25, 0.3) is 5.69 Å². The minimum Gasteiger partial charge on any atom is -0.461 e. The van der Waals surface area contributed by atoms with E-state index in [1.54, 1.807) is 49.4 Å². The van der Waals surface area contributed by atoms with Gasteiger partial charge in [0.25, 0.3) is 5.56 Å². The molecule has 1 aliphatic heterocycles. The summed E-state index contributed by atoms with van der Waals surface area (Å²) in [4.78, 5) is 39.3. The summed E-state index contributed by atoms with van der Waals surface area (Å²) in [5.74, 6) is -0.774. The number of ether oxygens (including phenoxy) is 2. The quantitative estimate of drug-likeness (QED) is 0.440. The van der Waals surface area contributed by atoms with Crippen LogP contribution in [0.5, 0.6) is 11.5 Å². The monoisotopic (exact) mass is 467 g/mol. The van der Waals surface area contributed by atoms with E-state index < -0.39 is 23.4 Å². The summed E-state index contributed by atoms with van der Waals surface area (Å²) in [7, 11) is 0. The number of benzene rings is 3. The van der Waals surface area contributed by atoms with Crippen molar-refractivity contribution >= 4 is 17.6 Å². The summed E-state index contributed by atoms with van der Waals surface area (Å²) in [5.41, 5.74) is 1.13. The van der Waals surface area contributed by atoms with Crippen molar-refractivity contribution in [2.75, 3.05) is 11.9 Å². The molecule has 1 amide bonds. The fourth-order valence-corrected chi connectivity index (χ4v) is 4.05. The average molecular weight is 467 g/mol. The first-order valence-electron chi connectivity index (χ1n) is 11.1. The largest absolute Gasteiger partial charge is 0.461 e. The van der Waals surface area contributed by atoms with Crippen LogP contribution in [-0.4, -0.2) is 28.3 Å². The molecule has 1 aromatic heterocycles. The van der Waals surface area contributed by atoms with Crippen LogP contribution in [-0.2, 0) is 9.53 Å². The molecule has 0 aliphatic carbocycles. The van der Waals surface area contributed by atoms with E-state index in [1.165, 1.54) is 6.07 Å². The van der Waals surface area contributed by atoms with Crippen molar-refractivity contribution in [2.45, 2.75) is 12.8 Å². The standard InChI is InChI=1S/C27H21N3O5/c1-2-34-27(33)25-20(16-23(31)30(29-25)17-10-4-3-5-11-17)28-26(32)24-18-12-6-8-14-21(18)35-22-15-9-7-13-19(22)24/h3-16,24H,2H2,1H3,(H,28,32). The molecule has 4 aromatic rings. The van der Waals surface area contributed by atoms with Crippen molar-refractivity contribution in [3.8, 4) is 17.2 Å². The molecule has 1 N–H and O–H groups in total. The molecule has 1 aliphatic rings. The number of hydrogen-bond acceptors (Lipinski definition) is 6. The summed E-state index contributed by atoms with van der Waals surface area (Å²) in [6, 6.07) is 24.4. The number of para-hydroxylation sites is 3. The fourth-order valence-electron chi connectivity index (χ4n) is 4.05. The van der Waals surface area contributed by atoms with E-state index in [9.17, 15) is 14.4 Å². The Bertz CT molecular complexity index is 1430. The van der Waals surface area contributed by atoms with E-state index in [4.69, 9.17) is 9.47 Å². The summed E-state index contributed by atoms with van der Waals surface area (Å²) in [6.07, 6.45) is 0. The molecule has 0 spiro atoms. The van der Waals surface area contributed by atoms with Crippen molar-refractivity contribution in [3.05, 3.63) is 112 Å². The Labute approximate surface area is 200 Å². The van der Waals surface area contributed by atoms with Gasteiger partial charge in [-0.2, -0.15) is 9.78 Å². The molecule has 2 heterocycles. The lowest BCUT2D eigenvalue weighted by Gasteiger charge is -2.27. The third kappa shape index (κ3) is 4.17. The number of hydrogen-bond donors (Lipinski definition) is 1. The molecule has 5 rings (SSSR count). The van der Waals surface area contributed by atoms with Gasteiger partial charge in [-0.1, -0.05) is 54.6 Å². The molecule has 8 nitrogen and oxygen atoms in total. The van der Waals surface area contributed by atoms with Crippen molar-refractivity contribution in [2.24, 2.45) is 0 Å². The van der Waals surface area contributed by atoms with Gasteiger partial charge in [-0.3, -0.25) is 9.59 Å². The number of carbonyl (C=O) groups excluding carboxylic acids is 2. The number of carbonyl (C=O) groups is 2. The summed E-state index contributed by atoms with van der Waals surface area (Å²) >= 11 is 0. The molecule has 0 saturated carbocycles. The predicted octanol–water partition coefficient (Wildman–Crippen LogP) is 4.29. The molecule has 0 radical (unpaired) electrons. The lowest BCUT2D eigenvalue weighted by atomic mass is 9.87. The van der Waals surface area contributed by atoms with E-state index in [0.717, 1.165) is 4.68 Å². The second-order valence-corrected chi connectivity index (χ2v) is 7.81. The minimum absolute atomic E-state index is 0.0212. The molecule has 0 bridgehead atoms. The Morgan fingerprint density at radius 1 is 0.943 bits per heavy atom. The fraction of sp³-hybridized carbons (Fsp3) is 0.111. The number of nitrogens with one attached hydrogen (secondary N) is 1. The molecular formula is C27H21N3O5. The number of amides is 1. The summed E-state index contributed by atoms with van der Waals surface area (Å²) < 4.78 is 12.2. The van der Waals surface area contributed by atoms with Gasteiger partial charge in [0.2, 0.25) is 5.91 Å². The van der Waals surface area contributed by atoms with Crippen molar-refractivity contribution in [1.82, 2.24) is 9.78 Å². The number of aromatic nitrogens is 2. The van der Waals surface area contributed by atoms with Gasteiger partial charge >= 0.3 is 5.97 Å². The zero-order chi connectivity index (χ0) is 24.4. The highest BCUT2D eigenvalue weighted by atomic mass is 16.5. The number of esters is 1. The molecular weight excluding hydrogens is 446 g/mol. The Kier molecular flexibility index (Phi) is 5.85. The van der Waals surface area contributed by atoms with E-state index >= 15 is 0 Å². The molecule has 3 aromatic carbocycles. The SMILES string of the molecule is CCOC(=O)c1nn(-c2ccccc2)c(=O)cc1NC(=O)C1c2ccccc2Oc2ccccc21. The van der Waals surface area contributed by atoms with Crippen LogP contribution in [0.4, 0.5) is 5.69 Å². The summed E-state index contributed by atoms with van der Waals surface area (Å²) in [5, 5.41) is 6.99. The normalized spacial score (nSPS) is 12.1. The molecule has 0 atom stereocenters. The maximum Gasteiger partial charge on any atom is 0.360 e. The highest BCUT2D eigenvalue weighted by Crippen LogP contribution is 2.44. The first kappa shape index (κ1) is 22.1. The maximum absolute atomic E-state index is 13.6. The third-order valence-electron chi connectivity index (χ3n) is 5.60. The van der Waals surface area contributed by atoms with E-state index in [0.29, 0.717) is 28.3 Å². The Morgan fingerprint density at radius 3 is 2.17 bits per heavy atom. The molecule has 8 heteroatoms. The molecule has 174 valence electrons. The van der Waals surface area contributed by atoms with Gasteiger partial charge in [0.1, 0.15) is 11.5 Å². The van der Waals surface area contributed by atoms with Crippen molar-refractivity contribution in [3.63, 3.8) is 0 Å². The van der Waals surface area contributed by atoms with Gasteiger partial charge < -0.3 is 14.8 Å². The number of nitrogens with zero attached hydrogens (tertiary/aromatic N) is 2. The van der Waals surface area contributed by atoms with Crippen LogP contribution in [0, 0.1) is 0 Å². The van der Waals surface area contributed by atoms with Crippen molar-refractivity contribution in [1.29, 1.82) is 0 Å². The number of rotatable bonds is 5. The van der Waals surface area contributed by atoms with Gasteiger partial charge in [0.05, 0.1) is 23.9 Å². The smallest absolute Gasteiger partial charge is 0.360 e. The predicted molar refractivity (Wildman–Crippen MR) is 129 cm³/mol. The van der Waals surface area contributed by atoms with Crippen molar-refractivity contribution < 1.29 is 19.1 Å². The Hall–Kier alpha value is -4.72. The molecule has 35 heavy (non-hydrogen) atoms. The Morgan fingerprint density at radius 2 is 1.54 bits per heavy atom. The zero-order valence-electron chi connectivity index (χ0n) is 18.8. The second-order valence-electron chi connectivity index (χ2n) is 7.81. The van der Waals surface area contributed by atoms with E-state index in [2.05, 4.69) is 10.4 Å². The van der Waals surface area contributed by atoms with Gasteiger partial charge in [-0.25, -0.2) is 4.79 Å².